The maximum atomic E-state index is 15.4. The van der Waals surface area contributed by atoms with E-state index in [1.54, 1.807) is 6.07 Å². The first-order valence-electron chi connectivity index (χ1n) is 28.3. The molecule has 0 radical (unpaired) electrons. The Bertz CT molecular complexity index is 4950. The summed E-state index contributed by atoms with van der Waals surface area (Å²) in [6.45, 7) is 0. The van der Waals surface area contributed by atoms with Gasteiger partial charge in [0, 0.05) is 38.2 Å². The van der Waals surface area contributed by atoms with Crippen LogP contribution in [0, 0.1) is 11.3 Å². The van der Waals surface area contributed by atoms with Crippen molar-refractivity contribution in [2.45, 2.75) is 6.18 Å². The molecule has 6 nitrogen and oxygen atoms in total. The van der Waals surface area contributed by atoms with Crippen molar-refractivity contribution in [2.24, 2.45) is 0 Å². The fraction of sp³-hybridized carbons (Fsp3) is 0.0130. The molecule has 86 heavy (non-hydrogen) atoms. The fourth-order valence-corrected chi connectivity index (χ4v) is 12.1. The highest BCUT2D eigenvalue weighted by Crippen LogP contribution is 2.45. The second kappa shape index (κ2) is 21.1. The average Bonchev–Trinajstić information content (AvgIpc) is 1.67. The van der Waals surface area contributed by atoms with E-state index in [1.807, 2.05) is 150 Å². The average molecular weight is 1110 g/mol. The van der Waals surface area contributed by atoms with E-state index in [4.69, 9.17) is 15.0 Å². The zero-order valence-electron chi connectivity index (χ0n) is 46.0. The Morgan fingerprint density at radius 2 is 0.663 bits per heavy atom. The lowest BCUT2D eigenvalue weighted by atomic mass is 9.97. The van der Waals surface area contributed by atoms with Gasteiger partial charge >= 0.3 is 6.18 Å². The normalized spacial score (nSPS) is 11.7. The molecular weight excluding hydrogens is 1070 g/mol. The Morgan fingerprint density at radius 1 is 0.291 bits per heavy atom. The Balaban J connectivity index is 1.01. The lowest BCUT2D eigenvalue weighted by Gasteiger charge is -2.19. The lowest BCUT2D eigenvalue weighted by Crippen LogP contribution is -2.09. The third kappa shape index (κ3) is 9.14. The van der Waals surface area contributed by atoms with Crippen LogP contribution in [-0.4, -0.2) is 24.1 Å². The van der Waals surface area contributed by atoms with Crippen molar-refractivity contribution in [1.82, 2.24) is 24.1 Å². The number of aromatic nitrogens is 5. The number of nitrogens with zero attached hydrogens (tertiary/aromatic N) is 6. The summed E-state index contributed by atoms with van der Waals surface area (Å²) in [6, 6.07) is 95.6. The number of halogens is 3. The number of fused-ring (bicyclic) bond motifs is 6. The standard InChI is InChI=1S/C77H47F3N6/c78-77(79,80)60-35-41-72(85-68-37-31-54(49-18-6-1-7-19-49)42-63(68)64-43-55(32-38-69(64)85)50-20-8-2-9-21-50)67(47-60)76-83-74(53-26-14-5-15-27-53)82-75(84-76)62-36-30-58(61-29-17-16-28-59(61)48-81)46-73(62)86-70-39-33-56(51-22-10-3-11-23-51)44-65(70)66-45-57(34-40-71(66)86)52-24-12-4-13-25-52/h1-47H. The van der Waals surface area contributed by atoms with E-state index < -0.39 is 11.7 Å². The van der Waals surface area contributed by atoms with Crippen LogP contribution in [-0.2, 0) is 6.18 Å². The molecule has 0 atom stereocenters. The monoisotopic (exact) mass is 1110 g/mol. The first-order chi connectivity index (χ1) is 42.2. The molecule has 0 bridgehead atoms. The van der Waals surface area contributed by atoms with E-state index in [0.717, 1.165) is 105 Å². The van der Waals surface area contributed by atoms with Crippen LogP contribution in [0.1, 0.15) is 11.1 Å². The predicted octanol–water partition coefficient (Wildman–Crippen LogP) is 20.3. The van der Waals surface area contributed by atoms with Gasteiger partial charge in [-0.15, -0.1) is 0 Å². The third-order valence-electron chi connectivity index (χ3n) is 16.3. The van der Waals surface area contributed by atoms with Crippen molar-refractivity contribution < 1.29 is 13.2 Å². The molecule has 15 aromatic rings. The van der Waals surface area contributed by atoms with E-state index in [1.165, 1.54) is 12.1 Å². The van der Waals surface area contributed by atoms with Crippen molar-refractivity contribution in [3.8, 4) is 107 Å². The summed E-state index contributed by atoms with van der Waals surface area (Å²) in [5.74, 6) is 0.536. The maximum absolute atomic E-state index is 15.4. The zero-order chi connectivity index (χ0) is 57.9. The molecule has 0 N–H and O–H groups in total. The van der Waals surface area contributed by atoms with Crippen LogP contribution in [0.4, 0.5) is 13.2 Å². The highest BCUT2D eigenvalue weighted by Gasteiger charge is 2.33. The first kappa shape index (κ1) is 51.4. The molecule has 0 unspecified atom stereocenters. The van der Waals surface area contributed by atoms with Crippen LogP contribution in [0.25, 0.3) is 145 Å². The Hall–Kier alpha value is -11.5. The van der Waals surface area contributed by atoms with E-state index in [9.17, 15) is 5.26 Å². The minimum absolute atomic E-state index is 0.0406. The minimum atomic E-state index is -4.72. The van der Waals surface area contributed by atoms with Gasteiger partial charge in [-0.3, -0.25) is 0 Å². The molecule has 12 aromatic carbocycles. The lowest BCUT2D eigenvalue weighted by molar-refractivity contribution is -0.137. The number of nitriles is 1. The third-order valence-corrected chi connectivity index (χ3v) is 16.3. The molecular formula is C77H47F3N6. The molecule has 0 saturated carbocycles. The van der Waals surface area contributed by atoms with E-state index in [-0.39, 0.29) is 23.0 Å². The van der Waals surface area contributed by atoms with Gasteiger partial charge in [-0.25, -0.2) is 15.0 Å². The van der Waals surface area contributed by atoms with Crippen LogP contribution in [0.2, 0.25) is 0 Å². The Kier molecular flexibility index (Phi) is 12.6. The van der Waals surface area contributed by atoms with Crippen molar-refractivity contribution in [2.75, 3.05) is 0 Å². The molecule has 0 spiro atoms. The van der Waals surface area contributed by atoms with Crippen LogP contribution in [0.15, 0.2) is 285 Å². The van der Waals surface area contributed by atoms with Crippen LogP contribution in [0.5, 0.6) is 0 Å². The van der Waals surface area contributed by atoms with Gasteiger partial charge in [-0.2, -0.15) is 18.4 Å². The Morgan fingerprint density at radius 3 is 1.09 bits per heavy atom. The molecule has 3 aromatic heterocycles. The van der Waals surface area contributed by atoms with Gasteiger partial charge in [0.2, 0.25) is 0 Å². The summed E-state index contributed by atoms with van der Waals surface area (Å²) in [5, 5.41) is 14.4. The van der Waals surface area contributed by atoms with Crippen LogP contribution in [0.3, 0.4) is 0 Å². The van der Waals surface area contributed by atoms with Gasteiger partial charge in [0.1, 0.15) is 0 Å². The van der Waals surface area contributed by atoms with Crippen LogP contribution < -0.4 is 0 Å². The number of hydrogen-bond donors (Lipinski definition) is 0. The number of hydrogen-bond acceptors (Lipinski definition) is 4. The van der Waals surface area contributed by atoms with Gasteiger partial charge in [-0.05, 0) is 141 Å². The molecule has 3 heterocycles. The summed E-state index contributed by atoms with van der Waals surface area (Å²) in [4.78, 5) is 15.8. The number of alkyl halides is 3. The van der Waals surface area contributed by atoms with Crippen molar-refractivity contribution in [3.05, 3.63) is 296 Å². The van der Waals surface area contributed by atoms with Crippen molar-refractivity contribution in [1.29, 1.82) is 5.26 Å². The second-order valence-corrected chi connectivity index (χ2v) is 21.4. The molecule has 0 aliphatic rings. The highest BCUT2D eigenvalue weighted by molar-refractivity contribution is 6.13. The van der Waals surface area contributed by atoms with E-state index in [2.05, 4.69) is 126 Å². The topological polar surface area (TPSA) is 72.3 Å². The van der Waals surface area contributed by atoms with Gasteiger partial charge in [0.25, 0.3) is 0 Å². The number of rotatable bonds is 10. The molecule has 9 heteroatoms. The second-order valence-electron chi connectivity index (χ2n) is 21.4. The van der Waals surface area contributed by atoms with E-state index >= 15 is 13.2 Å². The molecule has 15 rings (SSSR count). The van der Waals surface area contributed by atoms with Crippen molar-refractivity contribution >= 4 is 43.6 Å². The molecule has 0 amide bonds. The first-order valence-corrected chi connectivity index (χ1v) is 28.3. The molecule has 406 valence electrons. The fourth-order valence-electron chi connectivity index (χ4n) is 12.1. The SMILES string of the molecule is N#Cc1ccccc1-c1ccc(-c2nc(-c3ccccc3)nc(-c3cc(C(F)(F)F)ccc3-n3c4ccc(-c5ccccc5)cc4c4cc(-c5ccccc5)ccc43)n2)c(-n2c3ccc(-c4ccccc4)cc3c3cc(-c4ccccc4)ccc32)c1. The summed E-state index contributed by atoms with van der Waals surface area (Å²) >= 11 is 0. The molecule has 0 fully saturated rings. The molecule has 0 aliphatic heterocycles. The van der Waals surface area contributed by atoms with Gasteiger partial charge in [0.15, 0.2) is 17.5 Å². The smallest absolute Gasteiger partial charge is 0.309 e. The number of benzene rings is 12. The van der Waals surface area contributed by atoms with Gasteiger partial charge < -0.3 is 9.13 Å². The predicted molar refractivity (Wildman–Crippen MR) is 342 cm³/mol. The molecule has 0 saturated heterocycles. The summed E-state index contributed by atoms with van der Waals surface area (Å²) in [6.07, 6.45) is -4.72. The minimum Gasteiger partial charge on any atom is -0.309 e. The largest absolute Gasteiger partial charge is 0.416 e. The molecule has 0 aliphatic carbocycles. The quantitative estimate of drug-likeness (QED) is 0.137. The summed E-state index contributed by atoms with van der Waals surface area (Å²) in [7, 11) is 0. The Labute approximate surface area is 493 Å². The van der Waals surface area contributed by atoms with Gasteiger partial charge in [-0.1, -0.05) is 200 Å². The van der Waals surface area contributed by atoms with E-state index in [0.29, 0.717) is 28.1 Å². The van der Waals surface area contributed by atoms with Crippen molar-refractivity contribution in [3.63, 3.8) is 0 Å². The summed E-state index contributed by atoms with van der Waals surface area (Å²) < 4.78 is 50.5. The van der Waals surface area contributed by atoms with Gasteiger partial charge in [0.05, 0.1) is 50.6 Å². The zero-order valence-corrected chi connectivity index (χ0v) is 46.0. The maximum Gasteiger partial charge on any atom is 0.416 e. The van der Waals surface area contributed by atoms with Crippen LogP contribution >= 0.6 is 0 Å². The highest BCUT2D eigenvalue weighted by atomic mass is 19.4. The summed E-state index contributed by atoms with van der Waals surface area (Å²) in [5.41, 5.74) is 15.3.